The van der Waals surface area contributed by atoms with Gasteiger partial charge in [-0.2, -0.15) is 0 Å². The van der Waals surface area contributed by atoms with E-state index in [1.54, 1.807) is 30.3 Å². The normalized spacial score (nSPS) is 15.5. The molecule has 6 heteroatoms. The van der Waals surface area contributed by atoms with Crippen molar-refractivity contribution < 1.29 is 14.0 Å². The molecular weight excluding hydrogens is 357 g/mol. The van der Waals surface area contributed by atoms with Gasteiger partial charge in [0.05, 0.1) is 6.04 Å². The molecule has 2 atom stereocenters. The van der Waals surface area contributed by atoms with Gasteiger partial charge in [-0.05, 0) is 66.3 Å². The number of halogens is 1. The van der Waals surface area contributed by atoms with Crippen LogP contribution in [0.4, 0.5) is 15.8 Å². The Hall–Kier alpha value is -2.89. The summed E-state index contributed by atoms with van der Waals surface area (Å²) in [5.74, 6) is -0.0820. The maximum Gasteiger partial charge on any atom is 0.248 e. The standard InChI is InChI=1S/C22H26FN3O2/c1-13(11-15-3-4-15)21(26-18-8-6-17(23)7-9-18)19-12-16(22(24)28)5-10-20(19)25-14(2)27/h5-10,12-13,15,21,26H,3-4,11H2,1-2H3,(H2,24,28)(H,25,27). The highest BCUT2D eigenvalue weighted by Gasteiger charge is 2.30. The third-order valence-electron chi connectivity index (χ3n) is 5.12. The van der Waals surface area contributed by atoms with Crippen LogP contribution in [0.25, 0.3) is 0 Å². The lowest BCUT2D eigenvalue weighted by Gasteiger charge is -2.29. The van der Waals surface area contributed by atoms with E-state index in [1.165, 1.54) is 31.9 Å². The topological polar surface area (TPSA) is 84.2 Å². The predicted molar refractivity (Wildman–Crippen MR) is 109 cm³/mol. The van der Waals surface area contributed by atoms with Crippen molar-refractivity contribution in [1.29, 1.82) is 0 Å². The summed E-state index contributed by atoms with van der Waals surface area (Å²) in [6, 6.07) is 11.0. The second-order valence-corrected chi connectivity index (χ2v) is 7.63. The molecule has 3 rings (SSSR count). The van der Waals surface area contributed by atoms with Gasteiger partial charge in [-0.15, -0.1) is 0 Å². The maximum atomic E-state index is 13.3. The molecule has 2 aromatic rings. The van der Waals surface area contributed by atoms with Crippen molar-refractivity contribution in [3.8, 4) is 0 Å². The van der Waals surface area contributed by atoms with Crippen molar-refractivity contribution in [1.82, 2.24) is 0 Å². The molecule has 1 fully saturated rings. The van der Waals surface area contributed by atoms with E-state index in [9.17, 15) is 14.0 Å². The number of hydrogen-bond acceptors (Lipinski definition) is 3. The quantitative estimate of drug-likeness (QED) is 0.629. The van der Waals surface area contributed by atoms with Crippen molar-refractivity contribution in [2.45, 2.75) is 39.2 Å². The van der Waals surface area contributed by atoms with E-state index in [-0.39, 0.29) is 23.7 Å². The van der Waals surface area contributed by atoms with Gasteiger partial charge in [0, 0.05) is 23.9 Å². The number of carbonyl (C=O) groups excluding carboxylic acids is 2. The number of nitrogens with one attached hydrogen (secondary N) is 2. The van der Waals surface area contributed by atoms with Gasteiger partial charge in [-0.25, -0.2) is 4.39 Å². The molecule has 0 bridgehead atoms. The lowest BCUT2D eigenvalue weighted by molar-refractivity contribution is -0.114. The van der Waals surface area contributed by atoms with Crippen LogP contribution in [0.15, 0.2) is 42.5 Å². The van der Waals surface area contributed by atoms with E-state index in [0.717, 1.165) is 17.7 Å². The van der Waals surface area contributed by atoms with Crippen LogP contribution in [0.3, 0.4) is 0 Å². The Morgan fingerprint density at radius 2 is 1.86 bits per heavy atom. The highest BCUT2D eigenvalue weighted by Crippen LogP contribution is 2.41. The lowest BCUT2D eigenvalue weighted by atomic mass is 9.88. The molecule has 148 valence electrons. The first kappa shape index (κ1) is 19.9. The number of nitrogens with two attached hydrogens (primary N) is 1. The first-order valence-corrected chi connectivity index (χ1v) is 9.57. The zero-order valence-electron chi connectivity index (χ0n) is 16.2. The molecule has 0 spiro atoms. The van der Waals surface area contributed by atoms with E-state index < -0.39 is 5.91 Å². The molecule has 0 heterocycles. The summed E-state index contributed by atoms with van der Waals surface area (Å²) < 4.78 is 13.3. The van der Waals surface area contributed by atoms with Gasteiger partial charge in [0.25, 0.3) is 0 Å². The molecule has 0 saturated heterocycles. The number of anilines is 2. The minimum absolute atomic E-state index is 0.174. The van der Waals surface area contributed by atoms with Crippen LogP contribution in [0, 0.1) is 17.7 Å². The van der Waals surface area contributed by atoms with Crippen LogP contribution in [0.1, 0.15) is 55.1 Å². The summed E-state index contributed by atoms with van der Waals surface area (Å²) in [5, 5.41) is 6.31. The zero-order chi connectivity index (χ0) is 20.3. The van der Waals surface area contributed by atoms with Gasteiger partial charge < -0.3 is 16.4 Å². The smallest absolute Gasteiger partial charge is 0.248 e. The molecule has 28 heavy (non-hydrogen) atoms. The predicted octanol–water partition coefficient (Wildman–Crippen LogP) is 4.47. The Morgan fingerprint density at radius 1 is 1.18 bits per heavy atom. The Morgan fingerprint density at radius 3 is 2.43 bits per heavy atom. The fraction of sp³-hybridized carbons (Fsp3) is 0.364. The Bertz CT molecular complexity index is 863. The van der Waals surface area contributed by atoms with Crippen molar-refractivity contribution in [3.63, 3.8) is 0 Å². The molecule has 1 aliphatic carbocycles. The summed E-state index contributed by atoms with van der Waals surface area (Å²) in [4.78, 5) is 23.4. The number of hydrogen-bond donors (Lipinski definition) is 3. The van der Waals surface area contributed by atoms with Crippen LogP contribution >= 0.6 is 0 Å². The molecule has 1 saturated carbocycles. The second kappa shape index (κ2) is 8.42. The first-order chi connectivity index (χ1) is 13.3. The zero-order valence-corrected chi connectivity index (χ0v) is 16.2. The molecule has 0 radical (unpaired) electrons. The number of amides is 2. The molecule has 2 amide bonds. The summed E-state index contributed by atoms with van der Waals surface area (Å²) in [6.07, 6.45) is 3.49. The van der Waals surface area contributed by atoms with Crippen LogP contribution < -0.4 is 16.4 Å². The third-order valence-corrected chi connectivity index (χ3v) is 5.12. The van der Waals surface area contributed by atoms with E-state index in [1.807, 2.05) is 0 Å². The Labute approximate surface area is 164 Å². The van der Waals surface area contributed by atoms with Crippen molar-refractivity contribution in [2.24, 2.45) is 17.6 Å². The molecule has 2 aromatic carbocycles. The fourth-order valence-electron chi connectivity index (χ4n) is 3.54. The van der Waals surface area contributed by atoms with Crippen molar-refractivity contribution >= 4 is 23.2 Å². The average molecular weight is 383 g/mol. The largest absolute Gasteiger partial charge is 0.378 e. The number of carbonyl (C=O) groups is 2. The summed E-state index contributed by atoms with van der Waals surface area (Å²) in [5.41, 5.74) is 8.07. The lowest BCUT2D eigenvalue weighted by Crippen LogP contribution is -2.23. The van der Waals surface area contributed by atoms with Crippen molar-refractivity contribution in [2.75, 3.05) is 10.6 Å². The molecule has 2 unspecified atom stereocenters. The molecular formula is C22H26FN3O2. The third kappa shape index (κ3) is 5.09. The summed E-state index contributed by atoms with van der Waals surface area (Å²) >= 11 is 0. The molecule has 4 N–H and O–H groups in total. The van der Waals surface area contributed by atoms with Crippen LogP contribution in [-0.2, 0) is 4.79 Å². The maximum absolute atomic E-state index is 13.3. The first-order valence-electron chi connectivity index (χ1n) is 9.57. The molecule has 5 nitrogen and oxygen atoms in total. The van der Waals surface area contributed by atoms with Gasteiger partial charge in [0.1, 0.15) is 5.82 Å². The SMILES string of the molecule is CC(=O)Nc1ccc(C(N)=O)cc1C(Nc1ccc(F)cc1)C(C)CC1CC1. The van der Waals surface area contributed by atoms with Crippen LogP contribution in [-0.4, -0.2) is 11.8 Å². The summed E-state index contributed by atoms with van der Waals surface area (Å²) in [7, 11) is 0. The second-order valence-electron chi connectivity index (χ2n) is 7.63. The van der Waals surface area contributed by atoms with Crippen LogP contribution in [0.5, 0.6) is 0 Å². The minimum Gasteiger partial charge on any atom is -0.378 e. The highest BCUT2D eigenvalue weighted by atomic mass is 19.1. The fourth-order valence-corrected chi connectivity index (χ4v) is 3.54. The van der Waals surface area contributed by atoms with Gasteiger partial charge in [-0.3, -0.25) is 9.59 Å². The van der Waals surface area contributed by atoms with E-state index in [2.05, 4.69) is 17.6 Å². The summed E-state index contributed by atoms with van der Waals surface area (Å²) in [6.45, 7) is 3.59. The Balaban J connectivity index is 2.00. The monoisotopic (exact) mass is 383 g/mol. The Kier molecular flexibility index (Phi) is 5.97. The van der Waals surface area contributed by atoms with Gasteiger partial charge in [-0.1, -0.05) is 19.8 Å². The van der Waals surface area contributed by atoms with Crippen LogP contribution in [0.2, 0.25) is 0 Å². The number of primary amides is 1. The molecule has 0 aromatic heterocycles. The number of benzene rings is 2. The highest BCUT2D eigenvalue weighted by molar-refractivity contribution is 5.95. The number of rotatable bonds is 8. The van der Waals surface area contributed by atoms with Gasteiger partial charge in [0.15, 0.2) is 0 Å². The van der Waals surface area contributed by atoms with E-state index in [0.29, 0.717) is 17.2 Å². The van der Waals surface area contributed by atoms with E-state index >= 15 is 0 Å². The minimum atomic E-state index is -0.522. The van der Waals surface area contributed by atoms with Gasteiger partial charge >= 0.3 is 0 Å². The molecule has 1 aliphatic rings. The van der Waals surface area contributed by atoms with E-state index in [4.69, 9.17) is 5.73 Å². The molecule has 0 aliphatic heterocycles. The van der Waals surface area contributed by atoms with Crippen molar-refractivity contribution in [3.05, 3.63) is 59.4 Å². The average Bonchev–Trinajstić information content (AvgIpc) is 3.45. The van der Waals surface area contributed by atoms with Gasteiger partial charge in [0.2, 0.25) is 11.8 Å².